The number of carbonyl (C=O) groups is 3. The standard InChI is InChI=1S/C22H27N3O5/c26-18(23-13-16(17-2-1-9-30-17)24-7-10-29-11-8-24)5-6-25-21(27)19-14-3-4-15(12-14)20(19)22(25)28/h1-4,9,14-16,19-20H,5-8,10-13H2,(H,23,26)/t14-,15+,16-,19-,20-/m0/s1. The first-order chi connectivity index (χ1) is 14.6. The predicted molar refractivity (Wildman–Crippen MR) is 106 cm³/mol. The summed E-state index contributed by atoms with van der Waals surface area (Å²) in [6.07, 6.45) is 6.82. The van der Waals surface area contributed by atoms with Gasteiger partial charge in [0.15, 0.2) is 0 Å². The molecule has 2 bridgehead atoms. The highest BCUT2D eigenvalue weighted by Gasteiger charge is 2.59. The maximum atomic E-state index is 12.7. The average molecular weight is 413 g/mol. The Morgan fingerprint density at radius 3 is 2.47 bits per heavy atom. The number of amides is 3. The van der Waals surface area contributed by atoms with Crippen LogP contribution in [0.1, 0.15) is 24.6 Å². The Kier molecular flexibility index (Phi) is 5.20. The quantitative estimate of drug-likeness (QED) is 0.529. The molecule has 2 aliphatic carbocycles. The maximum Gasteiger partial charge on any atom is 0.233 e. The molecule has 1 aromatic rings. The van der Waals surface area contributed by atoms with E-state index in [2.05, 4.69) is 22.4 Å². The second-order valence-electron chi connectivity index (χ2n) is 8.56. The SMILES string of the molecule is O=C(CCN1C(=O)[C@@H]2[C@@H](C1=O)[C@H]1C=C[C@@H]2C1)NC[C@@H](c1ccco1)N1CCOCC1. The van der Waals surface area contributed by atoms with Gasteiger partial charge in [-0.15, -0.1) is 0 Å². The summed E-state index contributed by atoms with van der Waals surface area (Å²) in [5.74, 6) is 0.403. The highest BCUT2D eigenvalue weighted by molar-refractivity contribution is 6.06. The van der Waals surface area contributed by atoms with Crippen LogP contribution in [0.4, 0.5) is 0 Å². The van der Waals surface area contributed by atoms with Crippen molar-refractivity contribution in [2.24, 2.45) is 23.7 Å². The van der Waals surface area contributed by atoms with Crippen LogP contribution >= 0.6 is 0 Å². The van der Waals surface area contributed by atoms with Crippen molar-refractivity contribution in [1.29, 1.82) is 0 Å². The molecule has 160 valence electrons. The molecule has 5 rings (SSSR count). The number of furan rings is 1. The normalized spacial score (nSPS) is 31.4. The van der Waals surface area contributed by atoms with E-state index in [9.17, 15) is 14.4 Å². The molecule has 5 atom stereocenters. The number of allylic oxidation sites excluding steroid dienone is 2. The van der Waals surface area contributed by atoms with Crippen molar-refractivity contribution < 1.29 is 23.5 Å². The minimum Gasteiger partial charge on any atom is -0.468 e. The molecule has 1 aromatic heterocycles. The summed E-state index contributed by atoms with van der Waals surface area (Å²) in [6, 6.07) is 3.69. The smallest absolute Gasteiger partial charge is 0.233 e. The fraction of sp³-hybridized carbons (Fsp3) is 0.591. The van der Waals surface area contributed by atoms with E-state index >= 15 is 0 Å². The van der Waals surface area contributed by atoms with Crippen molar-refractivity contribution in [2.75, 3.05) is 39.4 Å². The molecule has 3 heterocycles. The molecule has 3 amide bonds. The molecule has 0 aromatic carbocycles. The first kappa shape index (κ1) is 19.5. The molecular weight excluding hydrogens is 386 g/mol. The second kappa shape index (κ2) is 8.00. The van der Waals surface area contributed by atoms with E-state index in [1.165, 1.54) is 4.90 Å². The van der Waals surface area contributed by atoms with Gasteiger partial charge in [-0.2, -0.15) is 0 Å². The Balaban J connectivity index is 1.15. The predicted octanol–water partition coefficient (Wildman–Crippen LogP) is 0.966. The molecule has 0 spiro atoms. The Morgan fingerprint density at radius 1 is 1.13 bits per heavy atom. The van der Waals surface area contributed by atoms with Gasteiger partial charge in [-0.25, -0.2) is 0 Å². The zero-order valence-corrected chi connectivity index (χ0v) is 16.9. The monoisotopic (exact) mass is 413 g/mol. The molecule has 2 aliphatic heterocycles. The van der Waals surface area contributed by atoms with Gasteiger partial charge in [0.2, 0.25) is 17.7 Å². The zero-order chi connectivity index (χ0) is 20.7. The first-order valence-corrected chi connectivity index (χ1v) is 10.8. The third kappa shape index (κ3) is 3.37. The van der Waals surface area contributed by atoms with Crippen molar-refractivity contribution in [3.8, 4) is 0 Å². The number of carbonyl (C=O) groups excluding carboxylic acids is 3. The summed E-state index contributed by atoms with van der Waals surface area (Å²) in [6.45, 7) is 3.42. The summed E-state index contributed by atoms with van der Waals surface area (Å²) in [7, 11) is 0. The van der Waals surface area contributed by atoms with E-state index in [1.54, 1.807) is 6.26 Å². The lowest BCUT2D eigenvalue weighted by Crippen LogP contribution is -2.44. The molecule has 30 heavy (non-hydrogen) atoms. The Labute approximate surface area is 175 Å². The topological polar surface area (TPSA) is 92.1 Å². The lowest BCUT2D eigenvalue weighted by atomic mass is 9.85. The highest BCUT2D eigenvalue weighted by atomic mass is 16.5. The molecule has 3 fully saturated rings. The van der Waals surface area contributed by atoms with Crippen LogP contribution in [0.25, 0.3) is 0 Å². The van der Waals surface area contributed by atoms with Gasteiger partial charge in [-0.3, -0.25) is 24.2 Å². The summed E-state index contributed by atoms with van der Waals surface area (Å²) in [5, 5.41) is 2.96. The number of fused-ring (bicyclic) bond motifs is 5. The van der Waals surface area contributed by atoms with Crippen LogP contribution in [0.5, 0.6) is 0 Å². The highest BCUT2D eigenvalue weighted by Crippen LogP contribution is 2.52. The molecule has 8 heteroatoms. The number of nitrogens with zero attached hydrogens (tertiary/aromatic N) is 2. The van der Waals surface area contributed by atoms with E-state index in [-0.39, 0.29) is 60.4 Å². The Hall–Kier alpha value is -2.45. The maximum absolute atomic E-state index is 12.7. The third-order valence-electron chi connectivity index (χ3n) is 6.97. The van der Waals surface area contributed by atoms with Gasteiger partial charge >= 0.3 is 0 Å². The number of hydrogen-bond acceptors (Lipinski definition) is 6. The van der Waals surface area contributed by atoms with Gasteiger partial charge in [0.05, 0.1) is 37.4 Å². The van der Waals surface area contributed by atoms with Gasteiger partial charge in [0.1, 0.15) is 5.76 Å². The van der Waals surface area contributed by atoms with E-state index < -0.39 is 0 Å². The molecule has 2 saturated heterocycles. The fourth-order valence-corrected chi connectivity index (χ4v) is 5.48. The lowest BCUT2D eigenvalue weighted by molar-refractivity contribution is -0.141. The number of imide groups is 1. The summed E-state index contributed by atoms with van der Waals surface area (Å²) in [5.41, 5.74) is 0. The summed E-state index contributed by atoms with van der Waals surface area (Å²) >= 11 is 0. The van der Waals surface area contributed by atoms with Crippen LogP contribution in [-0.2, 0) is 19.1 Å². The molecule has 4 aliphatic rings. The van der Waals surface area contributed by atoms with E-state index in [1.807, 2.05) is 12.1 Å². The van der Waals surface area contributed by atoms with Crippen LogP contribution in [0.15, 0.2) is 35.0 Å². The lowest BCUT2D eigenvalue weighted by Gasteiger charge is -2.33. The zero-order valence-electron chi connectivity index (χ0n) is 16.9. The van der Waals surface area contributed by atoms with Gasteiger partial charge in [-0.1, -0.05) is 12.2 Å². The Morgan fingerprint density at radius 2 is 1.83 bits per heavy atom. The molecular formula is C22H27N3O5. The van der Waals surface area contributed by atoms with Crippen LogP contribution in [0.3, 0.4) is 0 Å². The average Bonchev–Trinajstić information content (AvgIpc) is 3.54. The van der Waals surface area contributed by atoms with Crippen molar-refractivity contribution >= 4 is 17.7 Å². The van der Waals surface area contributed by atoms with Crippen molar-refractivity contribution in [2.45, 2.75) is 18.9 Å². The number of nitrogens with one attached hydrogen (secondary N) is 1. The fourth-order valence-electron chi connectivity index (χ4n) is 5.48. The van der Waals surface area contributed by atoms with Gasteiger partial charge in [0, 0.05) is 32.6 Å². The minimum absolute atomic E-state index is 0.0658. The van der Waals surface area contributed by atoms with Crippen LogP contribution in [0, 0.1) is 23.7 Å². The largest absolute Gasteiger partial charge is 0.468 e. The first-order valence-electron chi connectivity index (χ1n) is 10.8. The molecule has 0 radical (unpaired) electrons. The van der Waals surface area contributed by atoms with Gasteiger partial charge < -0.3 is 14.5 Å². The van der Waals surface area contributed by atoms with Crippen molar-refractivity contribution in [1.82, 2.24) is 15.1 Å². The Bertz CT molecular complexity index is 815. The number of ether oxygens (including phenoxy) is 1. The van der Waals surface area contributed by atoms with Crippen molar-refractivity contribution in [3.05, 3.63) is 36.3 Å². The second-order valence-corrected chi connectivity index (χ2v) is 8.56. The van der Waals surface area contributed by atoms with Crippen LogP contribution in [-0.4, -0.2) is 66.9 Å². The third-order valence-corrected chi connectivity index (χ3v) is 6.97. The number of likely N-dealkylation sites (tertiary alicyclic amines) is 1. The van der Waals surface area contributed by atoms with E-state index in [0.29, 0.717) is 19.8 Å². The van der Waals surface area contributed by atoms with Gasteiger partial charge in [-0.05, 0) is 30.4 Å². The summed E-state index contributed by atoms with van der Waals surface area (Å²) < 4.78 is 11.0. The van der Waals surface area contributed by atoms with E-state index in [4.69, 9.17) is 9.15 Å². The van der Waals surface area contributed by atoms with Crippen molar-refractivity contribution in [3.63, 3.8) is 0 Å². The van der Waals surface area contributed by atoms with Crippen LogP contribution in [0.2, 0.25) is 0 Å². The van der Waals surface area contributed by atoms with Gasteiger partial charge in [0.25, 0.3) is 0 Å². The van der Waals surface area contributed by atoms with E-state index in [0.717, 1.165) is 25.3 Å². The minimum atomic E-state index is -0.208. The number of rotatable bonds is 7. The molecule has 1 N–H and O–H groups in total. The molecule has 0 unspecified atom stereocenters. The summed E-state index contributed by atoms with van der Waals surface area (Å²) in [4.78, 5) is 41.5. The molecule has 1 saturated carbocycles. The molecule has 8 nitrogen and oxygen atoms in total. The van der Waals surface area contributed by atoms with Crippen LogP contribution < -0.4 is 5.32 Å². The number of morpholine rings is 1. The number of hydrogen-bond donors (Lipinski definition) is 1.